The molecule has 0 aliphatic carbocycles. The lowest BCUT2D eigenvalue weighted by Gasteiger charge is -2.21. The van der Waals surface area contributed by atoms with E-state index in [2.05, 4.69) is 4.18 Å². The Hall–Kier alpha value is -3.31. The summed E-state index contributed by atoms with van der Waals surface area (Å²) in [6.07, 6.45) is -0.102. The molecule has 0 aliphatic rings. The summed E-state index contributed by atoms with van der Waals surface area (Å²) in [6.45, 7) is 0. The Morgan fingerprint density at radius 2 is 1.16 bits per heavy atom. The van der Waals surface area contributed by atoms with Crippen LogP contribution in [0.3, 0.4) is 0 Å². The highest BCUT2D eigenvalue weighted by molar-refractivity contribution is 7.86. The lowest BCUT2D eigenvalue weighted by molar-refractivity contribution is 0.00368. The third-order valence-corrected chi connectivity index (χ3v) is 4.50. The first-order valence-corrected chi connectivity index (χ1v) is 11.8. The molecule has 0 aromatic heterocycles. The lowest BCUT2D eigenvalue weighted by atomic mass is 10.2. The maximum Gasteiger partial charge on any atom is 0.488 e. The van der Waals surface area contributed by atoms with E-state index in [1.165, 1.54) is 36.4 Å². The van der Waals surface area contributed by atoms with Crippen molar-refractivity contribution in [2.75, 3.05) is 6.26 Å². The predicted molar refractivity (Wildman–Crippen MR) is 109 cm³/mol. The number of halogens is 1. The summed E-state index contributed by atoms with van der Waals surface area (Å²) in [4.78, 5) is 0. The lowest BCUT2D eigenvalue weighted by Crippen LogP contribution is -2.15. The van der Waals surface area contributed by atoms with Crippen LogP contribution in [0.4, 0.5) is 3.89 Å². The number of rotatable bonds is 9. The largest absolute Gasteiger partial charge is 0.488 e. The third-order valence-electron chi connectivity index (χ3n) is 3.61. The Labute approximate surface area is 179 Å². The summed E-state index contributed by atoms with van der Waals surface area (Å²) in [5.74, 6) is 0.151. The molecule has 0 saturated carbocycles. The third kappa shape index (κ3) is 7.46. The molecule has 0 bridgehead atoms. The molecule has 1 unspecified atom stereocenters. The molecule has 3 aromatic carbocycles. The van der Waals surface area contributed by atoms with Crippen LogP contribution in [0, 0.1) is 0 Å². The molecule has 0 aliphatic heterocycles. The van der Waals surface area contributed by atoms with Crippen LogP contribution in [0.1, 0.15) is 11.9 Å². The van der Waals surface area contributed by atoms with Gasteiger partial charge in [-0.3, -0.25) is 0 Å². The van der Waals surface area contributed by atoms with Gasteiger partial charge >= 0.3 is 20.6 Å². The van der Waals surface area contributed by atoms with Crippen molar-refractivity contribution in [3.8, 4) is 23.0 Å². The maximum absolute atomic E-state index is 12.8. The van der Waals surface area contributed by atoms with Gasteiger partial charge in [-0.05, 0) is 24.3 Å². The molecule has 1 atom stereocenters. The number of ether oxygens (including phenoxy) is 2. The van der Waals surface area contributed by atoms with Gasteiger partial charge in [0.1, 0.15) is 23.0 Å². The van der Waals surface area contributed by atoms with Gasteiger partial charge in [0, 0.05) is 17.7 Å². The normalized spacial score (nSPS) is 12.6. The molecule has 8 nitrogen and oxygen atoms in total. The molecule has 31 heavy (non-hydrogen) atoms. The van der Waals surface area contributed by atoms with Crippen LogP contribution in [0.25, 0.3) is 0 Å². The van der Waals surface area contributed by atoms with E-state index in [1.807, 2.05) is 0 Å². The first-order valence-electron chi connectivity index (χ1n) is 8.69. The summed E-state index contributed by atoms with van der Waals surface area (Å²) >= 11 is 0. The minimum atomic E-state index is -5.19. The maximum atomic E-state index is 12.8. The average Bonchev–Trinajstić information content (AvgIpc) is 2.66. The predicted octanol–water partition coefficient (Wildman–Crippen LogP) is 3.77. The zero-order valence-corrected chi connectivity index (χ0v) is 17.7. The standard InChI is InChI=1S/C20H17FO8S2/c1-30(22,23)28-18-11-5-9-16(13-18)26-20(15-7-3-2-4-8-15)27-17-10-6-12-19(14-17)29-31(21,24)25/h2-14,20H,1H3. The molecule has 11 heteroatoms. The minimum absolute atomic E-state index is 0.0513. The van der Waals surface area contributed by atoms with Crippen LogP contribution in [0.5, 0.6) is 23.0 Å². The van der Waals surface area contributed by atoms with Gasteiger partial charge < -0.3 is 17.8 Å². The van der Waals surface area contributed by atoms with Gasteiger partial charge in [-0.15, -0.1) is 0 Å². The SMILES string of the molecule is CS(=O)(=O)Oc1cccc(OC(Oc2cccc(OS(=O)(=O)F)c2)c2ccccc2)c1. The fourth-order valence-electron chi connectivity index (χ4n) is 2.51. The van der Waals surface area contributed by atoms with E-state index in [9.17, 15) is 20.7 Å². The second-order valence-corrected chi connectivity index (χ2v) is 8.72. The quantitative estimate of drug-likeness (QED) is 0.265. The highest BCUT2D eigenvalue weighted by Gasteiger charge is 2.18. The van der Waals surface area contributed by atoms with E-state index >= 15 is 0 Å². The number of benzene rings is 3. The molecule has 0 spiro atoms. The molecule has 0 heterocycles. The van der Waals surface area contributed by atoms with Crippen molar-refractivity contribution < 1.29 is 38.6 Å². The van der Waals surface area contributed by atoms with Crippen molar-refractivity contribution in [2.45, 2.75) is 6.29 Å². The number of hydrogen-bond donors (Lipinski definition) is 0. The van der Waals surface area contributed by atoms with E-state index in [0.717, 1.165) is 6.26 Å². The summed E-state index contributed by atoms with van der Waals surface area (Å²) in [6, 6.07) is 20.0. The Morgan fingerprint density at radius 1 is 0.677 bits per heavy atom. The molecule has 0 fully saturated rings. The van der Waals surface area contributed by atoms with Crippen LogP contribution >= 0.6 is 0 Å². The van der Waals surface area contributed by atoms with Crippen molar-refractivity contribution in [1.29, 1.82) is 0 Å². The Morgan fingerprint density at radius 3 is 1.65 bits per heavy atom. The zero-order valence-electron chi connectivity index (χ0n) is 16.0. The van der Waals surface area contributed by atoms with Crippen LogP contribution < -0.4 is 17.8 Å². The summed E-state index contributed by atoms with van der Waals surface area (Å²) in [5, 5.41) is 0. The first-order chi connectivity index (χ1) is 14.6. The molecular formula is C20H17FO8S2. The number of hydrogen-bond acceptors (Lipinski definition) is 8. The fourth-order valence-corrected chi connectivity index (χ4v) is 3.29. The summed E-state index contributed by atoms with van der Waals surface area (Å²) in [5.41, 5.74) is 0.598. The summed E-state index contributed by atoms with van der Waals surface area (Å²) < 4.78 is 77.7. The Bertz CT molecular complexity index is 1170. The fraction of sp³-hybridized carbons (Fsp3) is 0.100. The van der Waals surface area contributed by atoms with E-state index in [0.29, 0.717) is 5.56 Å². The second-order valence-electron chi connectivity index (χ2n) is 6.19. The van der Waals surface area contributed by atoms with Gasteiger partial charge in [0.25, 0.3) is 6.29 Å². The minimum Gasteiger partial charge on any atom is -0.450 e. The van der Waals surface area contributed by atoms with Crippen LogP contribution in [0.15, 0.2) is 78.9 Å². The monoisotopic (exact) mass is 468 g/mol. The van der Waals surface area contributed by atoms with Gasteiger partial charge in [-0.1, -0.05) is 46.4 Å². The van der Waals surface area contributed by atoms with Gasteiger partial charge in [0.2, 0.25) is 0 Å². The Balaban J connectivity index is 1.87. The van der Waals surface area contributed by atoms with Crippen molar-refractivity contribution >= 4 is 20.6 Å². The summed E-state index contributed by atoms with van der Waals surface area (Å²) in [7, 11) is -8.92. The molecule has 0 radical (unpaired) electrons. The average molecular weight is 468 g/mol. The molecule has 3 aromatic rings. The first kappa shape index (κ1) is 22.4. The van der Waals surface area contributed by atoms with Crippen molar-refractivity contribution in [3.05, 3.63) is 84.4 Å². The molecule has 0 amide bonds. The molecular weight excluding hydrogens is 451 g/mol. The van der Waals surface area contributed by atoms with Gasteiger partial charge in [-0.25, -0.2) is 0 Å². The smallest absolute Gasteiger partial charge is 0.450 e. The zero-order chi connectivity index (χ0) is 22.5. The van der Waals surface area contributed by atoms with Crippen LogP contribution in [0.2, 0.25) is 0 Å². The van der Waals surface area contributed by atoms with Crippen molar-refractivity contribution in [3.63, 3.8) is 0 Å². The molecule has 164 valence electrons. The van der Waals surface area contributed by atoms with Gasteiger partial charge in [0.05, 0.1) is 6.26 Å². The van der Waals surface area contributed by atoms with Gasteiger partial charge in [-0.2, -0.15) is 16.8 Å². The highest BCUT2D eigenvalue weighted by Crippen LogP contribution is 2.30. The highest BCUT2D eigenvalue weighted by atomic mass is 32.3. The van der Waals surface area contributed by atoms with Gasteiger partial charge in [0.15, 0.2) is 0 Å². The Kier molecular flexibility index (Phi) is 6.66. The van der Waals surface area contributed by atoms with Crippen LogP contribution in [-0.4, -0.2) is 23.1 Å². The van der Waals surface area contributed by atoms with Crippen molar-refractivity contribution in [2.24, 2.45) is 0 Å². The van der Waals surface area contributed by atoms with E-state index in [-0.39, 0.29) is 23.0 Å². The van der Waals surface area contributed by atoms with Crippen molar-refractivity contribution in [1.82, 2.24) is 0 Å². The second kappa shape index (κ2) is 9.23. The van der Waals surface area contributed by atoms with E-state index < -0.39 is 26.9 Å². The van der Waals surface area contributed by atoms with E-state index in [4.69, 9.17) is 13.7 Å². The van der Waals surface area contributed by atoms with Crippen LogP contribution in [-0.2, 0) is 20.6 Å². The van der Waals surface area contributed by atoms with E-state index in [1.54, 1.807) is 42.5 Å². The molecule has 0 N–H and O–H groups in total. The molecule has 3 rings (SSSR count). The topological polar surface area (TPSA) is 105 Å². The molecule has 0 saturated heterocycles.